The maximum absolute atomic E-state index is 5.75. The van der Waals surface area contributed by atoms with Gasteiger partial charge in [-0.25, -0.2) is 0 Å². The minimum Gasteiger partial charge on any atom is -0.319 e. The van der Waals surface area contributed by atoms with Crippen molar-refractivity contribution in [2.45, 2.75) is 37.3 Å². The van der Waals surface area contributed by atoms with Gasteiger partial charge in [0.05, 0.1) is 5.37 Å². The van der Waals surface area contributed by atoms with E-state index in [1.165, 1.54) is 0 Å². The van der Waals surface area contributed by atoms with Crippen molar-refractivity contribution >= 4 is 33.2 Å². The number of hydrogen-bond acceptors (Lipinski definition) is 3. The van der Waals surface area contributed by atoms with E-state index in [-0.39, 0.29) is 10.1 Å². The van der Waals surface area contributed by atoms with E-state index in [9.17, 15) is 0 Å². The van der Waals surface area contributed by atoms with Crippen LogP contribution in [-0.2, 0) is 0 Å². The average Bonchev–Trinajstić information content (AvgIpc) is 1.83. The maximum atomic E-state index is 5.75. The molecule has 4 heteroatoms. The van der Waals surface area contributed by atoms with Gasteiger partial charge in [-0.2, -0.15) is 0 Å². The van der Waals surface area contributed by atoms with E-state index in [0.29, 0.717) is 5.88 Å². The Morgan fingerprint density at radius 3 is 2.36 bits per heavy atom. The molecule has 0 spiro atoms. The highest BCUT2D eigenvalue weighted by Crippen LogP contribution is 2.37. The summed E-state index contributed by atoms with van der Waals surface area (Å²) in [5.74, 6) is 0.652. The van der Waals surface area contributed by atoms with Crippen LogP contribution < -0.4 is 5.73 Å². The van der Waals surface area contributed by atoms with Gasteiger partial charge < -0.3 is 5.73 Å². The fourth-order valence-corrected chi connectivity index (χ4v) is 2.88. The molecule has 0 amide bonds. The standard InChI is InChI=1S/C7H16ClNS2/c1-7(2,3)11-10-6(9)4-5-8/h6H,4-5,9H2,1-3H3. The van der Waals surface area contributed by atoms with Crippen molar-refractivity contribution in [1.29, 1.82) is 0 Å². The Hall–Kier alpha value is 0.950. The molecule has 1 unspecified atom stereocenters. The first-order chi connectivity index (χ1) is 4.95. The van der Waals surface area contributed by atoms with Gasteiger partial charge in [0.15, 0.2) is 0 Å². The van der Waals surface area contributed by atoms with Crippen molar-refractivity contribution in [3.8, 4) is 0 Å². The van der Waals surface area contributed by atoms with Crippen LogP contribution in [0.4, 0.5) is 0 Å². The lowest BCUT2D eigenvalue weighted by Crippen LogP contribution is -2.16. The third-order valence-electron chi connectivity index (χ3n) is 0.815. The third-order valence-corrected chi connectivity index (χ3v) is 4.64. The van der Waals surface area contributed by atoms with Crippen LogP contribution in [0.3, 0.4) is 0 Å². The van der Waals surface area contributed by atoms with Crippen LogP contribution in [0.25, 0.3) is 0 Å². The second kappa shape index (κ2) is 5.57. The van der Waals surface area contributed by atoms with Crippen LogP contribution in [-0.4, -0.2) is 16.0 Å². The topological polar surface area (TPSA) is 26.0 Å². The van der Waals surface area contributed by atoms with Gasteiger partial charge in [0, 0.05) is 10.6 Å². The Morgan fingerprint density at radius 1 is 1.45 bits per heavy atom. The zero-order valence-electron chi connectivity index (χ0n) is 7.26. The molecule has 0 aliphatic heterocycles. The lowest BCUT2D eigenvalue weighted by Gasteiger charge is -2.18. The number of alkyl halides is 1. The Morgan fingerprint density at radius 2 is 2.00 bits per heavy atom. The molecule has 2 N–H and O–H groups in total. The van der Waals surface area contributed by atoms with Crippen LogP contribution in [0.15, 0.2) is 0 Å². The largest absolute Gasteiger partial charge is 0.319 e. The van der Waals surface area contributed by atoms with Gasteiger partial charge >= 0.3 is 0 Å². The molecule has 0 aromatic carbocycles. The van der Waals surface area contributed by atoms with E-state index in [0.717, 1.165) is 6.42 Å². The van der Waals surface area contributed by atoms with Crippen LogP contribution in [0, 0.1) is 0 Å². The highest BCUT2D eigenvalue weighted by Gasteiger charge is 2.13. The molecule has 0 aliphatic carbocycles. The predicted octanol–water partition coefficient (Wildman–Crippen LogP) is 3.08. The summed E-state index contributed by atoms with van der Waals surface area (Å²) in [5, 5.41) is 0.178. The molecule has 0 aromatic heterocycles. The summed E-state index contributed by atoms with van der Waals surface area (Å²) < 4.78 is 0.286. The zero-order valence-corrected chi connectivity index (χ0v) is 9.65. The second-order valence-corrected chi connectivity index (χ2v) is 6.95. The molecule has 1 nitrogen and oxygen atoms in total. The Kier molecular flexibility index (Phi) is 6.05. The summed E-state index contributed by atoms with van der Waals surface area (Å²) in [6.45, 7) is 6.54. The Bertz CT molecular complexity index is 103. The molecule has 11 heavy (non-hydrogen) atoms. The van der Waals surface area contributed by atoms with Gasteiger partial charge in [-0.05, 0) is 6.42 Å². The van der Waals surface area contributed by atoms with E-state index in [4.69, 9.17) is 17.3 Å². The fourth-order valence-electron chi connectivity index (χ4n) is 0.362. The van der Waals surface area contributed by atoms with Gasteiger partial charge in [0.2, 0.25) is 0 Å². The monoisotopic (exact) mass is 213 g/mol. The van der Waals surface area contributed by atoms with E-state index in [2.05, 4.69) is 20.8 Å². The first kappa shape index (κ1) is 11.9. The van der Waals surface area contributed by atoms with Crippen molar-refractivity contribution < 1.29 is 0 Å². The highest BCUT2D eigenvalue weighted by molar-refractivity contribution is 8.77. The maximum Gasteiger partial charge on any atom is 0.0623 e. The molecule has 0 heterocycles. The number of halogens is 1. The molecular formula is C7H16ClNS2. The Balaban J connectivity index is 3.38. The summed E-state index contributed by atoms with van der Waals surface area (Å²) in [6.07, 6.45) is 0.884. The lowest BCUT2D eigenvalue weighted by molar-refractivity contribution is 0.809. The van der Waals surface area contributed by atoms with Gasteiger partial charge in [-0.1, -0.05) is 42.4 Å². The summed E-state index contributed by atoms with van der Waals surface area (Å²) in [5.41, 5.74) is 5.75. The van der Waals surface area contributed by atoms with Crippen molar-refractivity contribution in [1.82, 2.24) is 0 Å². The minimum atomic E-state index is 0.178. The van der Waals surface area contributed by atoms with Crippen molar-refractivity contribution in [3.05, 3.63) is 0 Å². The molecule has 0 rings (SSSR count). The quantitative estimate of drug-likeness (QED) is 0.442. The molecular weight excluding hydrogens is 198 g/mol. The molecule has 0 bridgehead atoms. The summed E-state index contributed by atoms with van der Waals surface area (Å²) in [7, 11) is 3.53. The molecule has 68 valence electrons. The first-order valence-corrected chi connectivity index (χ1v) is 6.36. The van der Waals surface area contributed by atoms with Gasteiger partial charge in [-0.3, -0.25) is 0 Å². The average molecular weight is 214 g/mol. The third kappa shape index (κ3) is 8.86. The molecule has 0 aromatic rings. The zero-order chi connectivity index (χ0) is 8.91. The van der Waals surface area contributed by atoms with E-state index >= 15 is 0 Å². The summed E-state index contributed by atoms with van der Waals surface area (Å²) >= 11 is 5.54. The SMILES string of the molecule is CC(C)(C)SSC(N)CCCl. The number of rotatable bonds is 4. The molecule has 0 saturated heterocycles. The molecule has 0 aliphatic rings. The van der Waals surface area contributed by atoms with Crippen LogP contribution in [0.2, 0.25) is 0 Å². The summed E-state index contributed by atoms with van der Waals surface area (Å²) in [4.78, 5) is 0. The Labute approximate surface area is 82.2 Å². The lowest BCUT2D eigenvalue weighted by atomic mass is 10.3. The van der Waals surface area contributed by atoms with Gasteiger partial charge in [0.25, 0.3) is 0 Å². The molecule has 0 fully saturated rings. The fraction of sp³-hybridized carbons (Fsp3) is 1.00. The predicted molar refractivity (Wildman–Crippen MR) is 58.2 cm³/mol. The van der Waals surface area contributed by atoms with Crippen molar-refractivity contribution in [2.24, 2.45) is 5.73 Å². The van der Waals surface area contributed by atoms with Crippen LogP contribution >= 0.6 is 33.2 Å². The molecule has 1 atom stereocenters. The van der Waals surface area contributed by atoms with Crippen molar-refractivity contribution in [2.75, 3.05) is 5.88 Å². The highest BCUT2D eigenvalue weighted by atomic mass is 35.5. The van der Waals surface area contributed by atoms with Gasteiger partial charge in [-0.15, -0.1) is 11.6 Å². The van der Waals surface area contributed by atoms with Gasteiger partial charge in [0.1, 0.15) is 0 Å². The van der Waals surface area contributed by atoms with Crippen LogP contribution in [0.5, 0.6) is 0 Å². The second-order valence-electron chi connectivity index (χ2n) is 3.31. The van der Waals surface area contributed by atoms with E-state index < -0.39 is 0 Å². The van der Waals surface area contributed by atoms with Crippen LogP contribution in [0.1, 0.15) is 27.2 Å². The van der Waals surface area contributed by atoms with E-state index in [1.54, 1.807) is 10.8 Å². The smallest absolute Gasteiger partial charge is 0.0623 e. The number of nitrogens with two attached hydrogens (primary N) is 1. The van der Waals surface area contributed by atoms with E-state index in [1.807, 2.05) is 10.8 Å². The molecule has 0 saturated carbocycles. The summed E-state index contributed by atoms with van der Waals surface area (Å²) in [6, 6.07) is 0. The molecule has 0 radical (unpaired) electrons. The first-order valence-electron chi connectivity index (χ1n) is 3.62. The van der Waals surface area contributed by atoms with Crippen molar-refractivity contribution in [3.63, 3.8) is 0 Å². The number of hydrogen-bond donors (Lipinski definition) is 1. The minimum absolute atomic E-state index is 0.178. The normalized spacial score (nSPS) is 15.0.